The highest BCUT2D eigenvalue weighted by molar-refractivity contribution is 6.35. The monoisotopic (exact) mass is 540 g/mol. The maximum Gasteiger partial charge on any atom is 0.329 e. The van der Waals surface area contributed by atoms with Gasteiger partial charge in [0, 0.05) is 13.1 Å². The summed E-state index contributed by atoms with van der Waals surface area (Å²) >= 11 is 0. The van der Waals surface area contributed by atoms with Crippen molar-refractivity contribution in [2.24, 2.45) is 21.5 Å². The van der Waals surface area contributed by atoms with Crippen LogP contribution in [0.5, 0.6) is 0 Å². The van der Waals surface area contributed by atoms with Crippen LogP contribution in [0.1, 0.15) is 93.9 Å². The first-order valence-corrected chi connectivity index (χ1v) is 13.0. The number of hydrogen-bond donors (Lipinski definition) is 4. The number of nitrogens with one attached hydrogen (secondary N) is 2. The Hall–Kier alpha value is -3.18. The quantitative estimate of drug-likeness (QED) is 0.0842. The van der Waals surface area contributed by atoms with Gasteiger partial charge in [-0.25, -0.2) is 9.59 Å². The Morgan fingerprint density at radius 1 is 0.658 bits per heavy atom. The van der Waals surface area contributed by atoms with Gasteiger partial charge in [0.1, 0.15) is 23.3 Å². The van der Waals surface area contributed by atoms with Gasteiger partial charge in [-0.2, -0.15) is 0 Å². The molecule has 0 aliphatic carbocycles. The van der Waals surface area contributed by atoms with Gasteiger partial charge in [0.2, 0.25) is 0 Å². The molecule has 0 radical (unpaired) electrons. The number of amides is 2. The summed E-state index contributed by atoms with van der Waals surface area (Å²) in [5.74, 6) is -2.49. The Balaban J connectivity index is 5.36. The van der Waals surface area contributed by atoms with E-state index in [4.69, 9.17) is 20.9 Å². The molecule has 0 aliphatic rings. The van der Waals surface area contributed by atoms with Crippen molar-refractivity contribution in [3.63, 3.8) is 0 Å². The van der Waals surface area contributed by atoms with Gasteiger partial charge in [-0.1, -0.05) is 0 Å². The van der Waals surface area contributed by atoms with E-state index >= 15 is 0 Å². The molecule has 0 bridgehead atoms. The van der Waals surface area contributed by atoms with E-state index in [2.05, 4.69) is 20.6 Å². The van der Waals surface area contributed by atoms with E-state index in [1.807, 2.05) is 0 Å². The second-order valence-corrected chi connectivity index (χ2v) is 11.2. The molecule has 12 heteroatoms. The first-order valence-electron chi connectivity index (χ1n) is 13.0. The molecule has 0 saturated heterocycles. The number of ether oxygens (including phenoxy) is 2. The van der Waals surface area contributed by atoms with Crippen molar-refractivity contribution < 1.29 is 28.7 Å². The van der Waals surface area contributed by atoms with Crippen molar-refractivity contribution in [2.45, 2.75) is 117 Å². The molecule has 0 heterocycles. The third-order valence-corrected chi connectivity index (χ3v) is 4.72. The van der Waals surface area contributed by atoms with Gasteiger partial charge in [0.15, 0.2) is 0 Å². The molecule has 218 valence electrons. The highest BCUT2D eigenvalue weighted by Crippen LogP contribution is 2.13. The number of unbranched alkanes of at least 4 members (excludes halogenated alkanes) is 2. The molecular weight excluding hydrogens is 492 g/mol. The van der Waals surface area contributed by atoms with Gasteiger partial charge in [0.05, 0.1) is 11.7 Å². The van der Waals surface area contributed by atoms with Crippen LogP contribution < -0.4 is 22.1 Å². The Kier molecular flexibility index (Phi) is 15.2. The predicted octanol–water partition coefficient (Wildman–Crippen LogP) is 1.73. The SMILES string of the molecule is CC(N)=NCCCCC(NC(=O)C(=O)NC(CCCCN=C(C)N)C(=O)OC(C)(C)C)C(=O)OC(C)(C)C. The van der Waals surface area contributed by atoms with Gasteiger partial charge in [-0.3, -0.25) is 19.6 Å². The second kappa shape index (κ2) is 16.6. The number of nitrogens with zero attached hydrogens (tertiary/aromatic N) is 2. The molecule has 6 N–H and O–H groups in total. The van der Waals surface area contributed by atoms with Crippen LogP contribution in [-0.2, 0) is 28.7 Å². The molecule has 2 unspecified atom stereocenters. The van der Waals surface area contributed by atoms with Gasteiger partial charge in [-0.05, 0) is 93.9 Å². The number of amidine groups is 2. The minimum Gasteiger partial charge on any atom is -0.458 e. The van der Waals surface area contributed by atoms with Crippen LogP contribution in [0.15, 0.2) is 9.98 Å². The lowest BCUT2D eigenvalue weighted by atomic mass is 10.1. The summed E-state index contributed by atoms with van der Waals surface area (Å²) in [6.07, 6.45) is 2.81. The van der Waals surface area contributed by atoms with Crippen molar-refractivity contribution >= 4 is 35.4 Å². The van der Waals surface area contributed by atoms with Crippen LogP contribution in [0, 0.1) is 0 Å². The maximum absolute atomic E-state index is 12.7. The molecule has 0 aromatic rings. The van der Waals surface area contributed by atoms with Gasteiger partial charge < -0.3 is 31.6 Å². The lowest BCUT2D eigenvalue weighted by Crippen LogP contribution is -2.53. The number of carbonyl (C=O) groups excluding carboxylic acids is 4. The van der Waals surface area contributed by atoms with Crippen LogP contribution in [0.2, 0.25) is 0 Å². The van der Waals surface area contributed by atoms with Crippen LogP contribution in [0.3, 0.4) is 0 Å². The average Bonchev–Trinajstić information content (AvgIpc) is 2.73. The Morgan fingerprint density at radius 2 is 0.974 bits per heavy atom. The van der Waals surface area contributed by atoms with Gasteiger partial charge in [0.25, 0.3) is 0 Å². The van der Waals surface area contributed by atoms with E-state index in [-0.39, 0.29) is 12.8 Å². The lowest BCUT2D eigenvalue weighted by Gasteiger charge is -2.26. The fourth-order valence-corrected chi connectivity index (χ4v) is 3.12. The highest BCUT2D eigenvalue weighted by atomic mass is 16.6. The fourth-order valence-electron chi connectivity index (χ4n) is 3.12. The number of esters is 2. The van der Waals surface area contributed by atoms with E-state index in [1.165, 1.54) is 0 Å². The molecule has 12 nitrogen and oxygen atoms in total. The smallest absolute Gasteiger partial charge is 0.329 e. The molecule has 0 fully saturated rings. The zero-order chi connectivity index (χ0) is 29.5. The molecule has 0 spiro atoms. The Bertz CT molecular complexity index is 779. The second-order valence-electron chi connectivity index (χ2n) is 11.2. The minimum absolute atomic E-state index is 0.240. The van der Waals surface area contributed by atoms with Crippen LogP contribution >= 0.6 is 0 Å². The molecule has 2 amide bonds. The van der Waals surface area contributed by atoms with Gasteiger partial charge >= 0.3 is 23.8 Å². The van der Waals surface area contributed by atoms with Crippen LogP contribution in [0.4, 0.5) is 0 Å². The first-order chi connectivity index (χ1) is 17.4. The molecule has 2 atom stereocenters. The predicted molar refractivity (Wildman–Crippen MR) is 148 cm³/mol. The van der Waals surface area contributed by atoms with E-state index in [0.29, 0.717) is 50.4 Å². The van der Waals surface area contributed by atoms with E-state index in [9.17, 15) is 19.2 Å². The molecular formula is C26H48N6O6. The summed E-state index contributed by atoms with van der Waals surface area (Å²) in [6, 6.07) is -2.10. The van der Waals surface area contributed by atoms with Crippen molar-refractivity contribution in [3.8, 4) is 0 Å². The summed E-state index contributed by atoms with van der Waals surface area (Å²) in [7, 11) is 0. The van der Waals surface area contributed by atoms with Gasteiger partial charge in [-0.15, -0.1) is 0 Å². The molecule has 0 aliphatic heterocycles. The number of nitrogens with two attached hydrogens (primary N) is 2. The minimum atomic E-state index is -1.05. The number of carbonyl (C=O) groups is 4. The molecule has 0 rings (SSSR count). The van der Waals surface area contributed by atoms with Crippen molar-refractivity contribution in [3.05, 3.63) is 0 Å². The lowest BCUT2D eigenvalue weighted by molar-refractivity contribution is -0.161. The number of hydrogen-bond acceptors (Lipinski definition) is 8. The Morgan fingerprint density at radius 3 is 1.24 bits per heavy atom. The third-order valence-electron chi connectivity index (χ3n) is 4.72. The van der Waals surface area contributed by atoms with Crippen LogP contribution in [0.25, 0.3) is 0 Å². The summed E-state index contributed by atoms with van der Waals surface area (Å²) in [4.78, 5) is 59.1. The van der Waals surface area contributed by atoms with E-state index in [1.54, 1.807) is 55.4 Å². The van der Waals surface area contributed by atoms with E-state index in [0.717, 1.165) is 0 Å². The Labute approximate surface area is 226 Å². The average molecular weight is 541 g/mol. The molecule has 0 saturated carbocycles. The van der Waals surface area contributed by atoms with Crippen molar-refractivity contribution in [1.29, 1.82) is 0 Å². The highest BCUT2D eigenvalue weighted by Gasteiger charge is 2.31. The summed E-state index contributed by atoms with van der Waals surface area (Å²) in [5.41, 5.74) is 9.51. The number of aliphatic imine (C=N–C) groups is 2. The van der Waals surface area contributed by atoms with Crippen LogP contribution in [-0.4, -0.2) is 71.8 Å². The fraction of sp³-hybridized carbons (Fsp3) is 0.769. The topological polar surface area (TPSA) is 188 Å². The standard InChI is InChI=1S/C26H48N6O6/c1-17(27)29-15-11-9-13-19(23(35)37-25(3,4)5)31-21(33)22(34)32-20(24(36)38-26(6,7)8)14-10-12-16-30-18(2)28/h19-20H,9-16H2,1-8H3,(H2,27,29)(H2,28,30)(H,31,33)(H,32,34). The normalized spacial score (nSPS) is 14.3. The van der Waals surface area contributed by atoms with Crippen molar-refractivity contribution in [2.75, 3.05) is 13.1 Å². The van der Waals surface area contributed by atoms with E-state index < -0.39 is 47.0 Å². The maximum atomic E-state index is 12.7. The molecule has 0 aromatic heterocycles. The number of rotatable bonds is 14. The summed E-state index contributed by atoms with van der Waals surface area (Å²) < 4.78 is 10.8. The summed E-state index contributed by atoms with van der Waals surface area (Å²) in [5, 5.41) is 4.90. The molecule has 38 heavy (non-hydrogen) atoms. The molecule has 0 aromatic carbocycles. The third kappa shape index (κ3) is 18.1. The first kappa shape index (κ1) is 34.8. The zero-order valence-electron chi connectivity index (χ0n) is 24.3. The summed E-state index contributed by atoms with van der Waals surface area (Å²) in [6.45, 7) is 14.6. The van der Waals surface area contributed by atoms with Crippen molar-refractivity contribution in [1.82, 2.24) is 10.6 Å². The zero-order valence-corrected chi connectivity index (χ0v) is 24.3. The largest absolute Gasteiger partial charge is 0.458 e.